The first-order chi connectivity index (χ1) is 12.0. The molecule has 0 fully saturated rings. The lowest BCUT2D eigenvalue weighted by atomic mass is 9.93. The first kappa shape index (κ1) is 16.5. The predicted molar refractivity (Wildman–Crippen MR) is 100 cm³/mol. The minimum atomic E-state index is -3.67. The zero-order valence-corrected chi connectivity index (χ0v) is 15.8. The molecule has 1 atom stereocenters. The van der Waals surface area contributed by atoms with Crippen LogP contribution >= 0.6 is 22.7 Å². The average molecular weight is 390 g/mol. The maximum Gasteiger partial charge on any atom is 0.225 e. The number of amides is 1. The highest BCUT2D eigenvalue weighted by atomic mass is 32.2. The van der Waals surface area contributed by atoms with Gasteiger partial charge in [-0.3, -0.25) is 4.79 Å². The summed E-state index contributed by atoms with van der Waals surface area (Å²) < 4.78 is 26.1. The van der Waals surface area contributed by atoms with Gasteiger partial charge in [0.1, 0.15) is 4.90 Å². The Morgan fingerprint density at radius 2 is 1.88 bits per heavy atom. The number of fused-ring (bicyclic) bond motifs is 1. The summed E-state index contributed by atoms with van der Waals surface area (Å²) in [5, 5.41) is 8.41. The van der Waals surface area contributed by atoms with Crippen molar-refractivity contribution in [3.05, 3.63) is 62.5 Å². The minimum absolute atomic E-state index is 0.0815. The molecular formula is C18H15NO3S3. The molecule has 1 N–H and O–H groups in total. The van der Waals surface area contributed by atoms with Gasteiger partial charge in [-0.25, -0.2) is 8.42 Å². The van der Waals surface area contributed by atoms with Gasteiger partial charge in [-0.1, -0.05) is 17.7 Å². The summed E-state index contributed by atoms with van der Waals surface area (Å²) in [6, 6.07) is 8.76. The number of nitrogens with one attached hydrogen (secondary N) is 1. The summed E-state index contributed by atoms with van der Waals surface area (Å²) in [6.07, 6.45) is 0.342. The highest BCUT2D eigenvalue weighted by Gasteiger charge is 2.34. The van der Waals surface area contributed by atoms with E-state index in [9.17, 15) is 13.2 Å². The number of rotatable bonds is 3. The van der Waals surface area contributed by atoms with Crippen molar-refractivity contribution in [3.8, 4) is 0 Å². The molecule has 0 spiro atoms. The van der Waals surface area contributed by atoms with Crippen LogP contribution in [0.2, 0.25) is 0 Å². The van der Waals surface area contributed by atoms with Crippen molar-refractivity contribution in [2.75, 3.05) is 5.32 Å². The second kappa shape index (κ2) is 6.09. The van der Waals surface area contributed by atoms with E-state index in [0.29, 0.717) is 12.1 Å². The SMILES string of the molecule is Cc1ccc(S(=O)(=O)c2csc3c2NC(=O)C[C@@H]3c2ccsc2)cc1. The lowest BCUT2D eigenvalue weighted by Crippen LogP contribution is -2.23. The highest BCUT2D eigenvalue weighted by molar-refractivity contribution is 7.91. The number of aryl methyl sites for hydroxylation is 1. The van der Waals surface area contributed by atoms with Crippen molar-refractivity contribution in [3.63, 3.8) is 0 Å². The van der Waals surface area contributed by atoms with E-state index in [0.717, 1.165) is 16.0 Å². The molecule has 4 nitrogen and oxygen atoms in total. The van der Waals surface area contributed by atoms with Crippen LogP contribution in [0, 0.1) is 6.92 Å². The molecule has 25 heavy (non-hydrogen) atoms. The van der Waals surface area contributed by atoms with E-state index in [1.54, 1.807) is 41.0 Å². The van der Waals surface area contributed by atoms with Crippen molar-refractivity contribution >= 4 is 44.1 Å². The van der Waals surface area contributed by atoms with Gasteiger partial charge in [0.05, 0.1) is 10.6 Å². The van der Waals surface area contributed by atoms with Gasteiger partial charge in [-0.15, -0.1) is 11.3 Å². The minimum Gasteiger partial charge on any atom is -0.324 e. The van der Waals surface area contributed by atoms with E-state index >= 15 is 0 Å². The summed E-state index contributed by atoms with van der Waals surface area (Å²) in [4.78, 5) is 13.5. The van der Waals surface area contributed by atoms with E-state index < -0.39 is 9.84 Å². The Balaban J connectivity index is 1.83. The highest BCUT2D eigenvalue weighted by Crippen LogP contribution is 2.46. The second-order valence-electron chi connectivity index (χ2n) is 6.02. The molecular weight excluding hydrogens is 374 g/mol. The fourth-order valence-corrected chi connectivity index (χ4v) is 6.61. The van der Waals surface area contributed by atoms with Crippen LogP contribution in [0.4, 0.5) is 5.69 Å². The predicted octanol–water partition coefficient (Wildman–Crippen LogP) is 4.42. The number of sulfone groups is 1. The van der Waals surface area contributed by atoms with Crippen LogP contribution in [-0.2, 0) is 14.6 Å². The molecule has 4 rings (SSSR count). The van der Waals surface area contributed by atoms with Crippen molar-refractivity contribution in [2.45, 2.75) is 29.1 Å². The Morgan fingerprint density at radius 1 is 1.12 bits per heavy atom. The molecule has 1 aliphatic rings. The van der Waals surface area contributed by atoms with Gasteiger partial charge in [0.15, 0.2) is 0 Å². The Kier molecular flexibility index (Phi) is 4.02. The maximum atomic E-state index is 13.0. The van der Waals surface area contributed by atoms with E-state index in [2.05, 4.69) is 5.32 Å². The Labute approximate surface area is 154 Å². The third-order valence-electron chi connectivity index (χ3n) is 4.32. The number of anilines is 1. The Bertz CT molecular complexity index is 1030. The number of carbonyl (C=O) groups excluding carboxylic acids is 1. The van der Waals surface area contributed by atoms with Crippen LogP contribution in [0.3, 0.4) is 0 Å². The molecule has 1 aliphatic heterocycles. The van der Waals surface area contributed by atoms with Crippen LogP contribution in [0.15, 0.2) is 56.3 Å². The summed E-state index contributed by atoms with van der Waals surface area (Å²) in [5.41, 5.74) is 2.50. The fraction of sp³-hybridized carbons (Fsp3) is 0.167. The average Bonchev–Trinajstić information content (AvgIpc) is 3.24. The molecule has 0 unspecified atom stereocenters. The largest absolute Gasteiger partial charge is 0.324 e. The molecule has 128 valence electrons. The third kappa shape index (κ3) is 2.82. The van der Waals surface area contributed by atoms with Gasteiger partial charge in [0.2, 0.25) is 15.7 Å². The molecule has 7 heteroatoms. The van der Waals surface area contributed by atoms with Gasteiger partial charge in [0.25, 0.3) is 0 Å². The van der Waals surface area contributed by atoms with Crippen molar-refractivity contribution in [1.82, 2.24) is 0 Å². The van der Waals surface area contributed by atoms with Crippen LogP contribution < -0.4 is 5.32 Å². The second-order valence-corrected chi connectivity index (χ2v) is 9.63. The van der Waals surface area contributed by atoms with Gasteiger partial charge < -0.3 is 5.32 Å². The van der Waals surface area contributed by atoms with Crippen LogP contribution in [0.5, 0.6) is 0 Å². The molecule has 0 saturated carbocycles. The number of thiophene rings is 2. The fourth-order valence-electron chi connectivity index (χ4n) is 2.99. The number of carbonyl (C=O) groups is 1. The molecule has 0 radical (unpaired) electrons. The Morgan fingerprint density at radius 3 is 2.56 bits per heavy atom. The normalized spacial score (nSPS) is 17.2. The molecule has 2 aromatic heterocycles. The van der Waals surface area contributed by atoms with Gasteiger partial charge in [0, 0.05) is 22.6 Å². The molecule has 1 amide bonds. The van der Waals surface area contributed by atoms with Gasteiger partial charge in [-0.05, 0) is 41.4 Å². The number of benzene rings is 1. The smallest absolute Gasteiger partial charge is 0.225 e. The van der Waals surface area contributed by atoms with Gasteiger partial charge in [-0.2, -0.15) is 11.3 Å². The van der Waals surface area contributed by atoms with Gasteiger partial charge >= 0.3 is 0 Å². The van der Waals surface area contributed by atoms with E-state index in [-0.39, 0.29) is 21.6 Å². The lowest BCUT2D eigenvalue weighted by molar-refractivity contribution is -0.116. The lowest BCUT2D eigenvalue weighted by Gasteiger charge is -2.22. The standard InChI is InChI=1S/C18H15NO3S3/c1-11-2-4-13(5-3-11)25(21,22)15-10-24-18-14(12-6-7-23-9-12)8-16(20)19-17(15)18/h2-7,9-10,14H,8H2,1H3,(H,19,20)/t14-/m1/s1. The molecule has 1 aromatic carbocycles. The van der Waals surface area contributed by atoms with E-state index in [1.165, 1.54) is 11.3 Å². The zero-order valence-electron chi connectivity index (χ0n) is 13.4. The topological polar surface area (TPSA) is 63.2 Å². The van der Waals surface area contributed by atoms with Crippen molar-refractivity contribution in [1.29, 1.82) is 0 Å². The number of hydrogen-bond acceptors (Lipinski definition) is 5. The first-order valence-electron chi connectivity index (χ1n) is 7.72. The van der Waals surface area contributed by atoms with Crippen LogP contribution in [-0.4, -0.2) is 14.3 Å². The van der Waals surface area contributed by atoms with Crippen LogP contribution in [0.1, 0.15) is 28.3 Å². The van der Waals surface area contributed by atoms with E-state index in [1.807, 2.05) is 23.8 Å². The zero-order chi connectivity index (χ0) is 17.6. The summed E-state index contributed by atoms with van der Waals surface area (Å²) in [6.45, 7) is 1.91. The van der Waals surface area contributed by atoms with Crippen LogP contribution in [0.25, 0.3) is 0 Å². The third-order valence-corrected chi connectivity index (χ3v) is 8.06. The quantitative estimate of drug-likeness (QED) is 0.721. The van der Waals surface area contributed by atoms with Crippen molar-refractivity contribution in [2.24, 2.45) is 0 Å². The monoisotopic (exact) mass is 389 g/mol. The molecule has 0 aliphatic carbocycles. The summed E-state index contributed by atoms with van der Waals surface area (Å²) >= 11 is 2.97. The molecule has 0 bridgehead atoms. The summed E-state index contributed by atoms with van der Waals surface area (Å²) in [7, 11) is -3.67. The van der Waals surface area contributed by atoms with Crippen molar-refractivity contribution < 1.29 is 13.2 Å². The molecule has 3 heterocycles. The molecule has 0 saturated heterocycles. The number of hydrogen-bond donors (Lipinski definition) is 1. The first-order valence-corrected chi connectivity index (χ1v) is 11.0. The Hall–Kier alpha value is -1.96. The molecule has 3 aromatic rings. The maximum absolute atomic E-state index is 13.0. The summed E-state index contributed by atoms with van der Waals surface area (Å²) in [5.74, 6) is -0.232. The van der Waals surface area contributed by atoms with E-state index in [4.69, 9.17) is 0 Å².